The van der Waals surface area contributed by atoms with E-state index in [0.717, 1.165) is 56.1 Å². The van der Waals surface area contributed by atoms with Crippen LogP contribution >= 0.6 is 11.6 Å². The highest BCUT2D eigenvalue weighted by Gasteiger charge is 2.26. The molecule has 1 aromatic carbocycles. The Morgan fingerprint density at radius 2 is 1.94 bits per heavy atom. The highest BCUT2D eigenvalue weighted by molar-refractivity contribution is 6.32. The van der Waals surface area contributed by atoms with Crippen LogP contribution < -0.4 is 19.9 Å². The van der Waals surface area contributed by atoms with Gasteiger partial charge >= 0.3 is 0 Å². The molecule has 2 aliphatic rings. The number of piperazine rings is 1. The number of carbonyl (C=O) groups excluding carboxylic acids is 1. The van der Waals surface area contributed by atoms with Crippen molar-refractivity contribution in [3.63, 3.8) is 0 Å². The van der Waals surface area contributed by atoms with Crippen molar-refractivity contribution in [1.82, 2.24) is 19.8 Å². The van der Waals surface area contributed by atoms with E-state index in [1.807, 2.05) is 18.0 Å². The van der Waals surface area contributed by atoms with E-state index in [2.05, 4.69) is 50.8 Å². The summed E-state index contributed by atoms with van der Waals surface area (Å²) in [4.78, 5) is 29.6. The molecule has 10 heteroatoms. The fourth-order valence-electron chi connectivity index (χ4n) is 4.61. The largest absolute Gasteiger partial charge is 0.494 e. The molecule has 2 fully saturated rings. The predicted molar refractivity (Wildman–Crippen MR) is 141 cm³/mol. The molecule has 0 aliphatic carbocycles. The molecule has 0 bridgehead atoms. The standard InChI is InChI=1S/C25H34ClN7O2/c1-5-23(34)33-10-8-18(9-11-33)31(3)24-20(26)17-27-25(29-24)28-21-7-6-19(16-22(21)35-4)32-14-12-30(2)13-15-32/h5-7,16-18H,1,8-15H2,2-4H3,(H,27,28,29). The van der Waals surface area contributed by atoms with Gasteiger partial charge in [0.2, 0.25) is 11.9 Å². The number of nitrogens with zero attached hydrogens (tertiary/aromatic N) is 6. The van der Waals surface area contributed by atoms with Gasteiger partial charge in [-0.05, 0) is 38.1 Å². The Morgan fingerprint density at radius 3 is 2.60 bits per heavy atom. The molecule has 0 spiro atoms. The van der Waals surface area contributed by atoms with E-state index in [1.165, 1.54) is 6.08 Å². The molecule has 2 aromatic rings. The molecule has 2 aliphatic heterocycles. The van der Waals surface area contributed by atoms with Crippen molar-refractivity contribution in [2.45, 2.75) is 18.9 Å². The van der Waals surface area contributed by atoms with Crippen molar-refractivity contribution < 1.29 is 9.53 Å². The van der Waals surface area contributed by atoms with Gasteiger partial charge in [0.05, 0.1) is 19.0 Å². The number of rotatable bonds is 7. The van der Waals surface area contributed by atoms with Gasteiger partial charge in [0.1, 0.15) is 10.8 Å². The van der Waals surface area contributed by atoms with Crippen molar-refractivity contribution in [3.05, 3.63) is 42.1 Å². The zero-order chi connectivity index (χ0) is 24.9. The lowest BCUT2D eigenvalue weighted by molar-refractivity contribution is -0.126. The lowest BCUT2D eigenvalue weighted by Crippen LogP contribution is -2.45. The van der Waals surface area contributed by atoms with Crippen molar-refractivity contribution in [2.24, 2.45) is 0 Å². The predicted octanol–water partition coefficient (Wildman–Crippen LogP) is 3.25. The minimum Gasteiger partial charge on any atom is -0.494 e. The first-order valence-electron chi connectivity index (χ1n) is 11.9. The summed E-state index contributed by atoms with van der Waals surface area (Å²) >= 11 is 6.48. The molecule has 0 saturated carbocycles. The lowest BCUT2D eigenvalue weighted by Gasteiger charge is -2.37. The first-order chi connectivity index (χ1) is 16.9. The molecule has 0 atom stereocenters. The first-order valence-corrected chi connectivity index (χ1v) is 12.3. The van der Waals surface area contributed by atoms with Gasteiger partial charge in [-0.15, -0.1) is 0 Å². The number of amides is 1. The number of anilines is 4. The Bertz CT molecular complexity index is 1050. The Kier molecular flexibility index (Phi) is 7.97. The lowest BCUT2D eigenvalue weighted by atomic mass is 10.0. The highest BCUT2D eigenvalue weighted by Crippen LogP contribution is 2.33. The van der Waals surface area contributed by atoms with Gasteiger partial charge in [-0.2, -0.15) is 4.98 Å². The summed E-state index contributed by atoms with van der Waals surface area (Å²) in [6, 6.07) is 6.37. The van der Waals surface area contributed by atoms with E-state index in [9.17, 15) is 4.79 Å². The second kappa shape index (κ2) is 11.1. The number of piperidine rings is 1. The molecule has 0 unspecified atom stereocenters. The van der Waals surface area contributed by atoms with Crippen LogP contribution in [-0.2, 0) is 4.79 Å². The summed E-state index contributed by atoms with van der Waals surface area (Å²) < 4.78 is 5.67. The summed E-state index contributed by atoms with van der Waals surface area (Å²) in [5.74, 6) is 1.81. The number of nitrogens with one attached hydrogen (secondary N) is 1. The number of likely N-dealkylation sites (N-methyl/N-ethyl adjacent to an activating group) is 1. The molecule has 2 saturated heterocycles. The fraction of sp³-hybridized carbons (Fsp3) is 0.480. The van der Waals surface area contributed by atoms with Crippen LogP contribution in [0.25, 0.3) is 0 Å². The SMILES string of the molecule is C=CC(=O)N1CCC(N(C)c2nc(Nc3ccc(N4CCN(C)CC4)cc3OC)ncc2Cl)CC1. The maximum Gasteiger partial charge on any atom is 0.245 e. The van der Waals surface area contributed by atoms with Crippen LogP contribution in [-0.4, -0.2) is 92.2 Å². The molecule has 3 heterocycles. The van der Waals surface area contributed by atoms with Gasteiger partial charge in [-0.1, -0.05) is 18.2 Å². The van der Waals surface area contributed by atoms with Crippen molar-refractivity contribution in [1.29, 1.82) is 0 Å². The van der Waals surface area contributed by atoms with Crippen LogP contribution in [0.4, 0.5) is 23.1 Å². The van der Waals surface area contributed by atoms with Crippen LogP contribution in [0, 0.1) is 0 Å². The number of ether oxygens (including phenoxy) is 1. The van der Waals surface area contributed by atoms with Crippen molar-refractivity contribution in [2.75, 3.05) is 75.6 Å². The monoisotopic (exact) mass is 499 g/mol. The van der Waals surface area contributed by atoms with Gasteiger partial charge < -0.3 is 29.7 Å². The average Bonchev–Trinajstić information content (AvgIpc) is 2.89. The molecule has 0 radical (unpaired) electrons. The number of hydrogen-bond donors (Lipinski definition) is 1. The third-order valence-corrected chi connectivity index (χ3v) is 7.12. The van der Waals surface area contributed by atoms with Gasteiger partial charge in [-0.3, -0.25) is 4.79 Å². The van der Waals surface area contributed by atoms with Crippen LogP contribution in [0.15, 0.2) is 37.1 Å². The number of methoxy groups -OCH3 is 1. The van der Waals surface area contributed by atoms with Gasteiger partial charge in [0.25, 0.3) is 0 Å². The number of likely N-dealkylation sites (tertiary alicyclic amines) is 1. The number of aromatic nitrogens is 2. The summed E-state index contributed by atoms with van der Waals surface area (Å²) in [6.45, 7) is 9.01. The molecule has 35 heavy (non-hydrogen) atoms. The van der Waals surface area contributed by atoms with E-state index in [0.29, 0.717) is 29.9 Å². The second-order valence-electron chi connectivity index (χ2n) is 9.04. The summed E-state index contributed by atoms with van der Waals surface area (Å²) in [5, 5.41) is 3.78. The fourth-order valence-corrected chi connectivity index (χ4v) is 4.83. The molecule has 9 nitrogen and oxygen atoms in total. The second-order valence-corrected chi connectivity index (χ2v) is 9.44. The van der Waals surface area contributed by atoms with Crippen LogP contribution in [0.5, 0.6) is 5.75 Å². The maximum absolute atomic E-state index is 11.9. The van der Waals surface area contributed by atoms with E-state index in [-0.39, 0.29) is 11.9 Å². The zero-order valence-corrected chi connectivity index (χ0v) is 21.5. The average molecular weight is 500 g/mol. The Balaban J connectivity index is 1.47. The normalized spacial score (nSPS) is 17.3. The van der Waals surface area contributed by atoms with Crippen LogP contribution in [0.2, 0.25) is 5.02 Å². The first kappa shape index (κ1) is 25.1. The highest BCUT2D eigenvalue weighted by atomic mass is 35.5. The molecular formula is C25H34ClN7O2. The molecule has 188 valence electrons. The maximum atomic E-state index is 11.9. The summed E-state index contributed by atoms with van der Waals surface area (Å²) in [5.41, 5.74) is 1.93. The number of hydrogen-bond acceptors (Lipinski definition) is 8. The Morgan fingerprint density at radius 1 is 1.23 bits per heavy atom. The number of carbonyl (C=O) groups is 1. The van der Waals surface area contributed by atoms with Crippen molar-refractivity contribution >= 4 is 40.6 Å². The van der Waals surface area contributed by atoms with E-state index < -0.39 is 0 Å². The van der Waals surface area contributed by atoms with Gasteiger partial charge in [0, 0.05) is 64.1 Å². The molecular weight excluding hydrogens is 466 g/mol. The summed E-state index contributed by atoms with van der Waals surface area (Å²) in [6.07, 6.45) is 4.65. The molecule has 1 amide bonds. The summed E-state index contributed by atoms with van der Waals surface area (Å²) in [7, 11) is 5.80. The van der Waals surface area contributed by atoms with Crippen LogP contribution in [0.1, 0.15) is 12.8 Å². The van der Waals surface area contributed by atoms with E-state index in [4.69, 9.17) is 21.3 Å². The Labute approximate surface area is 212 Å². The van der Waals surface area contributed by atoms with Gasteiger partial charge in [0.15, 0.2) is 5.82 Å². The quantitative estimate of drug-likeness (QED) is 0.582. The molecule has 1 N–H and O–H groups in total. The van der Waals surface area contributed by atoms with E-state index >= 15 is 0 Å². The molecule has 1 aromatic heterocycles. The smallest absolute Gasteiger partial charge is 0.245 e. The molecule has 4 rings (SSSR count). The number of benzene rings is 1. The third kappa shape index (κ3) is 5.79. The minimum atomic E-state index is -0.0229. The number of halogens is 1. The van der Waals surface area contributed by atoms with E-state index in [1.54, 1.807) is 13.3 Å². The Hall–Kier alpha value is -3.04. The third-order valence-electron chi connectivity index (χ3n) is 6.86. The topological polar surface area (TPSA) is 77.1 Å². The van der Waals surface area contributed by atoms with Crippen molar-refractivity contribution in [3.8, 4) is 5.75 Å². The van der Waals surface area contributed by atoms with Gasteiger partial charge in [-0.25, -0.2) is 4.98 Å². The zero-order valence-electron chi connectivity index (χ0n) is 20.7. The minimum absolute atomic E-state index is 0.0229. The van der Waals surface area contributed by atoms with Crippen LogP contribution in [0.3, 0.4) is 0 Å².